The fourth-order valence-corrected chi connectivity index (χ4v) is 4.69. The van der Waals surface area contributed by atoms with E-state index in [9.17, 15) is 4.79 Å². The predicted molar refractivity (Wildman–Crippen MR) is 91.1 cm³/mol. The van der Waals surface area contributed by atoms with E-state index in [4.69, 9.17) is 9.47 Å². The van der Waals surface area contributed by atoms with Crippen molar-refractivity contribution >= 4 is 27.3 Å². The fraction of sp³-hybridized carbons (Fsp3) is 0.500. The zero-order chi connectivity index (χ0) is 15.9. The number of methoxy groups -OCH3 is 1. The van der Waals surface area contributed by atoms with E-state index in [0.717, 1.165) is 42.6 Å². The molecule has 2 fully saturated rings. The van der Waals surface area contributed by atoms with Crippen LogP contribution in [0.2, 0.25) is 0 Å². The molecule has 2 aliphatic heterocycles. The smallest absolute Gasteiger partial charge is 0.263 e. The molecule has 122 valence electrons. The second-order valence-electron chi connectivity index (χ2n) is 6.50. The van der Waals surface area contributed by atoms with E-state index in [1.54, 1.807) is 18.4 Å². The summed E-state index contributed by atoms with van der Waals surface area (Å²) in [6, 6.07) is 10.2. The number of piperidine rings is 1. The second kappa shape index (κ2) is 5.89. The van der Waals surface area contributed by atoms with Gasteiger partial charge in [-0.1, -0.05) is 18.2 Å². The number of carbonyl (C=O) groups is 1. The first-order chi connectivity index (χ1) is 11.2. The summed E-state index contributed by atoms with van der Waals surface area (Å²) in [5.41, 5.74) is -0.0718. The van der Waals surface area contributed by atoms with Gasteiger partial charge >= 0.3 is 0 Å². The van der Waals surface area contributed by atoms with Crippen molar-refractivity contribution in [3.63, 3.8) is 0 Å². The summed E-state index contributed by atoms with van der Waals surface area (Å²) in [4.78, 5) is 15.6. The molecule has 3 heterocycles. The van der Waals surface area contributed by atoms with Gasteiger partial charge in [-0.05, 0) is 30.4 Å². The molecule has 0 N–H and O–H groups in total. The summed E-state index contributed by atoms with van der Waals surface area (Å²) in [6.45, 7) is 2.22. The molecule has 0 bridgehead atoms. The summed E-state index contributed by atoms with van der Waals surface area (Å²) < 4.78 is 12.6. The maximum absolute atomic E-state index is 12.8. The second-order valence-corrected chi connectivity index (χ2v) is 7.58. The van der Waals surface area contributed by atoms with Crippen LogP contribution in [0.4, 0.5) is 0 Å². The predicted octanol–water partition coefficient (Wildman–Crippen LogP) is 3.31. The Morgan fingerprint density at radius 2 is 2.13 bits per heavy atom. The van der Waals surface area contributed by atoms with Crippen LogP contribution in [0, 0.1) is 0 Å². The Bertz CT molecular complexity index is 685. The minimum absolute atomic E-state index is 0.0718. The average Bonchev–Trinajstić information content (AvgIpc) is 3.19. The molecule has 1 aromatic heterocycles. The van der Waals surface area contributed by atoms with Gasteiger partial charge in [0.2, 0.25) is 0 Å². The van der Waals surface area contributed by atoms with E-state index in [1.807, 2.05) is 23.1 Å². The Hall–Kier alpha value is -1.43. The van der Waals surface area contributed by atoms with E-state index in [1.165, 1.54) is 4.70 Å². The van der Waals surface area contributed by atoms with Gasteiger partial charge in [0.15, 0.2) is 0 Å². The van der Waals surface area contributed by atoms with Crippen molar-refractivity contribution in [1.82, 2.24) is 4.90 Å². The number of thiophene rings is 1. The Morgan fingerprint density at radius 1 is 1.35 bits per heavy atom. The molecule has 2 saturated heterocycles. The van der Waals surface area contributed by atoms with Gasteiger partial charge in [0, 0.05) is 31.3 Å². The van der Waals surface area contributed by atoms with Crippen molar-refractivity contribution in [3.8, 4) is 0 Å². The quantitative estimate of drug-likeness (QED) is 0.847. The first-order valence-electron chi connectivity index (χ1n) is 8.14. The normalized spacial score (nSPS) is 23.7. The highest BCUT2D eigenvalue weighted by molar-refractivity contribution is 7.20. The number of hydrogen-bond acceptors (Lipinski definition) is 4. The van der Waals surface area contributed by atoms with Gasteiger partial charge in [0.05, 0.1) is 23.2 Å². The molecular weight excluding hydrogens is 310 g/mol. The highest BCUT2D eigenvalue weighted by atomic mass is 32.1. The lowest BCUT2D eigenvalue weighted by Gasteiger charge is -2.38. The third-order valence-corrected chi connectivity index (χ3v) is 6.21. The molecule has 1 atom stereocenters. The van der Waals surface area contributed by atoms with Gasteiger partial charge in [-0.15, -0.1) is 11.3 Å². The number of nitrogens with zero attached hydrogens (tertiary/aromatic N) is 1. The molecule has 2 aliphatic rings. The van der Waals surface area contributed by atoms with Crippen LogP contribution in [0.1, 0.15) is 28.9 Å². The zero-order valence-corrected chi connectivity index (χ0v) is 14.1. The van der Waals surface area contributed by atoms with E-state index < -0.39 is 0 Å². The maximum Gasteiger partial charge on any atom is 0.263 e. The monoisotopic (exact) mass is 331 g/mol. The van der Waals surface area contributed by atoms with Gasteiger partial charge < -0.3 is 14.4 Å². The van der Waals surface area contributed by atoms with Crippen LogP contribution < -0.4 is 0 Å². The molecule has 0 saturated carbocycles. The molecular formula is C18H21NO3S. The number of rotatable bonds is 2. The largest absolute Gasteiger partial charge is 0.379 e. The Labute approximate surface area is 140 Å². The van der Waals surface area contributed by atoms with Crippen molar-refractivity contribution in [2.75, 3.05) is 26.8 Å². The molecule has 0 aliphatic carbocycles. The molecule has 1 spiro atoms. The third-order valence-electron chi connectivity index (χ3n) is 5.11. The highest BCUT2D eigenvalue weighted by Crippen LogP contribution is 2.37. The summed E-state index contributed by atoms with van der Waals surface area (Å²) in [5.74, 6) is 0.155. The third kappa shape index (κ3) is 2.77. The van der Waals surface area contributed by atoms with Gasteiger partial charge in [0.1, 0.15) is 0 Å². The lowest BCUT2D eigenvalue weighted by atomic mass is 9.88. The van der Waals surface area contributed by atoms with Crippen LogP contribution in [-0.4, -0.2) is 49.3 Å². The number of ether oxygens (including phenoxy) is 2. The minimum atomic E-state index is -0.0718. The lowest BCUT2D eigenvalue weighted by Crippen LogP contribution is -2.46. The van der Waals surface area contributed by atoms with Crippen molar-refractivity contribution < 1.29 is 14.3 Å². The van der Waals surface area contributed by atoms with Crippen LogP contribution in [0.15, 0.2) is 30.3 Å². The summed E-state index contributed by atoms with van der Waals surface area (Å²) >= 11 is 1.58. The minimum Gasteiger partial charge on any atom is -0.379 e. The summed E-state index contributed by atoms with van der Waals surface area (Å²) in [5, 5.41) is 1.15. The molecule has 4 nitrogen and oxygen atoms in total. The van der Waals surface area contributed by atoms with Crippen LogP contribution in [0.25, 0.3) is 10.1 Å². The molecule has 1 amide bonds. The molecule has 0 radical (unpaired) electrons. The number of hydrogen-bond donors (Lipinski definition) is 0. The molecule has 4 rings (SSSR count). The van der Waals surface area contributed by atoms with Crippen LogP contribution in [-0.2, 0) is 9.47 Å². The van der Waals surface area contributed by atoms with Gasteiger partial charge in [-0.2, -0.15) is 0 Å². The van der Waals surface area contributed by atoms with Crippen LogP contribution >= 0.6 is 11.3 Å². The van der Waals surface area contributed by atoms with Crippen molar-refractivity contribution in [2.45, 2.75) is 31.0 Å². The molecule has 1 aromatic carbocycles. The van der Waals surface area contributed by atoms with Crippen molar-refractivity contribution in [1.29, 1.82) is 0 Å². The lowest BCUT2D eigenvalue weighted by molar-refractivity contribution is -0.0401. The van der Waals surface area contributed by atoms with E-state index in [2.05, 4.69) is 12.1 Å². The first kappa shape index (κ1) is 15.1. The maximum atomic E-state index is 12.8. The highest BCUT2D eigenvalue weighted by Gasteiger charge is 2.43. The summed E-state index contributed by atoms with van der Waals surface area (Å²) in [7, 11) is 1.74. The number of likely N-dealkylation sites (tertiary alicyclic amines) is 1. The molecule has 0 unspecified atom stereocenters. The SMILES string of the molecule is CO[C@H]1COC2(CCN(C(=O)c3cc4ccccc4s3)CC2)C1. The van der Waals surface area contributed by atoms with Crippen molar-refractivity contribution in [2.24, 2.45) is 0 Å². The topological polar surface area (TPSA) is 38.8 Å². The number of amides is 1. The standard InChI is InChI=1S/C18H21NO3S/c1-21-14-11-18(22-12-14)6-8-19(9-7-18)17(20)16-10-13-4-2-3-5-15(13)23-16/h2-5,10,14H,6-9,11-12H2,1H3/t14-/m1/s1. The van der Waals surface area contributed by atoms with E-state index >= 15 is 0 Å². The molecule has 2 aromatic rings. The Balaban J connectivity index is 1.45. The number of benzene rings is 1. The zero-order valence-electron chi connectivity index (χ0n) is 13.3. The fourth-order valence-electron chi connectivity index (χ4n) is 3.66. The number of fused-ring (bicyclic) bond motifs is 1. The molecule has 5 heteroatoms. The first-order valence-corrected chi connectivity index (χ1v) is 8.95. The van der Waals surface area contributed by atoms with E-state index in [-0.39, 0.29) is 17.6 Å². The Kier molecular flexibility index (Phi) is 3.87. The average molecular weight is 331 g/mol. The molecule has 23 heavy (non-hydrogen) atoms. The van der Waals surface area contributed by atoms with Gasteiger partial charge in [-0.25, -0.2) is 0 Å². The van der Waals surface area contributed by atoms with E-state index in [0.29, 0.717) is 6.61 Å². The van der Waals surface area contributed by atoms with Gasteiger partial charge in [0.25, 0.3) is 5.91 Å². The van der Waals surface area contributed by atoms with Crippen molar-refractivity contribution in [3.05, 3.63) is 35.2 Å². The van der Waals surface area contributed by atoms with Crippen LogP contribution in [0.5, 0.6) is 0 Å². The number of carbonyl (C=O) groups excluding carboxylic acids is 1. The van der Waals surface area contributed by atoms with Crippen LogP contribution in [0.3, 0.4) is 0 Å². The summed E-state index contributed by atoms with van der Waals surface area (Å²) in [6.07, 6.45) is 2.97. The Morgan fingerprint density at radius 3 is 2.83 bits per heavy atom. The van der Waals surface area contributed by atoms with Gasteiger partial charge in [-0.3, -0.25) is 4.79 Å².